The summed E-state index contributed by atoms with van der Waals surface area (Å²) in [4.78, 5) is 0. The van der Waals surface area contributed by atoms with E-state index < -0.39 is 5.41 Å². The molecule has 5 nitrogen and oxygen atoms in total. The molecule has 1 rings (SSSR count). The minimum absolute atomic E-state index is 0.0276. The Balaban J connectivity index is 2.85. The molecule has 0 bridgehead atoms. The lowest BCUT2D eigenvalue weighted by Crippen LogP contribution is -2.38. The summed E-state index contributed by atoms with van der Waals surface area (Å²) in [6.45, 7) is 11.9. The highest BCUT2D eigenvalue weighted by Crippen LogP contribution is 2.38. The summed E-state index contributed by atoms with van der Waals surface area (Å²) in [6.07, 6.45) is 0. The SMILES string of the molecule is CC(C)(C)c1ccc(OPOCC(CO)(CO)CO)c(C(C)(C)C)c1. The van der Waals surface area contributed by atoms with Crippen LogP contribution in [0, 0.1) is 5.41 Å². The first-order valence-electron chi connectivity index (χ1n) is 8.50. The number of hydrogen-bond donors (Lipinski definition) is 3. The predicted octanol–water partition coefficient (Wildman–Crippen LogP) is 3.15. The summed E-state index contributed by atoms with van der Waals surface area (Å²) in [5, 5.41) is 27.9. The molecule has 0 radical (unpaired) electrons. The number of rotatable bonds is 8. The summed E-state index contributed by atoms with van der Waals surface area (Å²) in [7, 11) is -0.282. The Morgan fingerprint density at radius 2 is 1.44 bits per heavy atom. The largest absolute Gasteiger partial charge is 0.449 e. The van der Waals surface area contributed by atoms with Crippen LogP contribution in [0.3, 0.4) is 0 Å². The van der Waals surface area contributed by atoms with Gasteiger partial charge >= 0.3 is 0 Å². The molecule has 0 aliphatic heterocycles. The van der Waals surface area contributed by atoms with Crippen molar-refractivity contribution in [3.8, 4) is 5.75 Å². The second-order valence-electron chi connectivity index (χ2n) is 8.66. The Bertz CT molecular complexity index is 533. The molecule has 1 unspecified atom stereocenters. The quantitative estimate of drug-likeness (QED) is 0.483. The second-order valence-corrected chi connectivity index (χ2v) is 9.32. The third-order valence-corrected chi connectivity index (χ3v) is 4.81. The van der Waals surface area contributed by atoms with Crippen molar-refractivity contribution in [3.05, 3.63) is 29.3 Å². The van der Waals surface area contributed by atoms with E-state index in [1.165, 1.54) is 5.56 Å². The topological polar surface area (TPSA) is 79.2 Å². The van der Waals surface area contributed by atoms with Gasteiger partial charge in [-0.3, -0.25) is 0 Å². The molecular formula is C19H33O5P. The van der Waals surface area contributed by atoms with Gasteiger partial charge in [-0.1, -0.05) is 53.7 Å². The fourth-order valence-electron chi connectivity index (χ4n) is 2.22. The molecule has 0 aliphatic rings. The van der Waals surface area contributed by atoms with Gasteiger partial charge < -0.3 is 24.4 Å². The van der Waals surface area contributed by atoms with Gasteiger partial charge in [-0.15, -0.1) is 0 Å². The number of hydrogen-bond acceptors (Lipinski definition) is 5. The van der Waals surface area contributed by atoms with Gasteiger partial charge in [0.15, 0.2) is 0 Å². The zero-order valence-electron chi connectivity index (χ0n) is 16.2. The van der Waals surface area contributed by atoms with Crippen molar-refractivity contribution < 1.29 is 24.4 Å². The van der Waals surface area contributed by atoms with Crippen molar-refractivity contribution in [2.45, 2.75) is 52.4 Å². The summed E-state index contributed by atoms with van der Waals surface area (Å²) >= 11 is 0. The van der Waals surface area contributed by atoms with Crippen molar-refractivity contribution in [1.29, 1.82) is 0 Å². The molecule has 0 heterocycles. The van der Waals surface area contributed by atoms with Crippen molar-refractivity contribution in [3.63, 3.8) is 0 Å². The number of benzene rings is 1. The Hall–Kier alpha value is -0.710. The van der Waals surface area contributed by atoms with E-state index in [0.29, 0.717) is 0 Å². The van der Waals surface area contributed by atoms with Gasteiger partial charge in [0.25, 0.3) is 0 Å². The fourth-order valence-corrected chi connectivity index (χ4v) is 2.91. The molecule has 144 valence electrons. The zero-order valence-corrected chi connectivity index (χ0v) is 17.2. The van der Waals surface area contributed by atoms with Gasteiger partial charge in [0, 0.05) is 5.56 Å². The average Bonchev–Trinajstić information content (AvgIpc) is 2.54. The molecule has 3 N–H and O–H groups in total. The smallest absolute Gasteiger partial charge is 0.215 e. The Morgan fingerprint density at radius 1 is 0.880 bits per heavy atom. The molecule has 1 atom stereocenters. The first-order chi connectivity index (χ1) is 11.5. The van der Waals surface area contributed by atoms with Crippen LogP contribution in [0.25, 0.3) is 0 Å². The zero-order chi connectivity index (χ0) is 19.3. The van der Waals surface area contributed by atoms with Crippen LogP contribution >= 0.6 is 9.03 Å². The maximum Gasteiger partial charge on any atom is 0.215 e. The maximum atomic E-state index is 9.31. The Kier molecular flexibility index (Phi) is 7.85. The van der Waals surface area contributed by atoms with E-state index in [2.05, 4.69) is 53.7 Å². The van der Waals surface area contributed by atoms with E-state index in [0.717, 1.165) is 11.3 Å². The minimum atomic E-state index is -1.04. The molecule has 0 spiro atoms. The molecule has 0 saturated heterocycles. The number of aliphatic hydroxyl groups is 3. The van der Waals surface area contributed by atoms with Crippen LogP contribution in [-0.4, -0.2) is 41.7 Å². The summed E-state index contributed by atoms with van der Waals surface area (Å²) in [6, 6.07) is 6.21. The van der Waals surface area contributed by atoms with Crippen molar-refractivity contribution >= 4 is 9.03 Å². The summed E-state index contributed by atoms with van der Waals surface area (Å²) in [5.74, 6) is 0.765. The monoisotopic (exact) mass is 372 g/mol. The van der Waals surface area contributed by atoms with Gasteiger partial charge in [0.2, 0.25) is 9.03 Å². The van der Waals surface area contributed by atoms with Crippen molar-refractivity contribution in [2.24, 2.45) is 5.41 Å². The van der Waals surface area contributed by atoms with E-state index in [-0.39, 0.29) is 46.3 Å². The highest BCUT2D eigenvalue weighted by atomic mass is 31.1. The van der Waals surface area contributed by atoms with Crippen molar-refractivity contribution in [2.75, 3.05) is 26.4 Å². The maximum absolute atomic E-state index is 9.31. The van der Waals surface area contributed by atoms with Gasteiger partial charge in [0.05, 0.1) is 31.8 Å². The second kappa shape index (κ2) is 8.79. The van der Waals surface area contributed by atoms with Gasteiger partial charge in [0.1, 0.15) is 5.75 Å². The molecule has 6 heteroatoms. The van der Waals surface area contributed by atoms with Crippen LogP contribution < -0.4 is 4.52 Å². The predicted molar refractivity (Wildman–Crippen MR) is 102 cm³/mol. The molecule has 1 aromatic carbocycles. The van der Waals surface area contributed by atoms with Crippen LogP contribution in [0.15, 0.2) is 18.2 Å². The molecule has 0 saturated carbocycles. The fraction of sp³-hybridized carbons (Fsp3) is 0.684. The van der Waals surface area contributed by atoms with Crippen LogP contribution in [0.2, 0.25) is 0 Å². The molecule has 1 aromatic rings. The first kappa shape index (κ1) is 22.3. The lowest BCUT2D eigenvalue weighted by Gasteiger charge is -2.28. The van der Waals surface area contributed by atoms with Gasteiger partial charge in [-0.05, 0) is 22.5 Å². The summed E-state index contributed by atoms with van der Waals surface area (Å²) < 4.78 is 11.3. The van der Waals surface area contributed by atoms with Crippen molar-refractivity contribution in [1.82, 2.24) is 0 Å². The van der Waals surface area contributed by atoms with E-state index in [1.807, 2.05) is 6.07 Å². The third-order valence-electron chi connectivity index (χ3n) is 4.25. The molecule has 0 amide bonds. The standard InChI is InChI=1S/C19H33O5P/c1-17(2,3)14-7-8-16(15(9-14)18(4,5)6)24-25-23-13-19(10-20,11-21)12-22/h7-9,20-22,25H,10-13H2,1-6H3. The van der Waals surface area contributed by atoms with E-state index in [1.54, 1.807) is 0 Å². The molecular weight excluding hydrogens is 339 g/mol. The van der Waals surface area contributed by atoms with Crippen LogP contribution in [-0.2, 0) is 15.4 Å². The molecule has 0 aromatic heterocycles. The molecule has 25 heavy (non-hydrogen) atoms. The lowest BCUT2D eigenvalue weighted by atomic mass is 9.80. The average molecular weight is 372 g/mol. The van der Waals surface area contributed by atoms with Gasteiger partial charge in [-0.2, -0.15) is 0 Å². The van der Waals surface area contributed by atoms with Crippen LogP contribution in [0.1, 0.15) is 52.7 Å². The van der Waals surface area contributed by atoms with Crippen LogP contribution in [0.4, 0.5) is 0 Å². The normalized spacial score (nSPS) is 13.6. The first-order valence-corrected chi connectivity index (χ1v) is 9.32. The van der Waals surface area contributed by atoms with E-state index >= 15 is 0 Å². The third kappa shape index (κ3) is 6.19. The van der Waals surface area contributed by atoms with Gasteiger partial charge in [-0.25, -0.2) is 0 Å². The number of aliphatic hydroxyl groups excluding tert-OH is 3. The molecule has 0 aliphatic carbocycles. The highest BCUT2D eigenvalue weighted by molar-refractivity contribution is 7.26. The van der Waals surface area contributed by atoms with E-state index in [9.17, 15) is 15.3 Å². The lowest BCUT2D eigenvalue weighted by molar-refractivity contribution is -0.0239. The van der Waals surface area contributed by atoms with E-state index in [4.69, 9.17) is 9.05 Å². The molecule has 0 fully saturated rings. The Morgan fingerprint density at radius 3 is 1.88 bits per heavy atom. The van der Waals surface area contributed by atoms with Crippen LogP contribution in [0.5, 0.6) is 5.75 Å². The highest BCUT2D eigenvalue weighted by Gasteiger charge is 2.29. The Labute approximate surface area is 153 Å². The minimum Gasteiger partial charge on any atom is -0.449 e. The summed E-state index contributed by atoms with van der Waals surface area (Å²) in [5.41, 5.74) is 1.29.